The summed E-state index contributed by atoms with van der Waals surface area (Å²) in [4.78, 5) is 0.305. The lowest BCUT2D eigenvalue weighted by molar-refractivity contribution is 0.0603. The molecule has 0 radical (unpaired) electrons. The third-order valence-electron chi connectivity index (χ3n) is 3.51. The van der Waals surface area contributed by atoms with Crippen LogP contribution in [0.3, 0.4) is 0 Å². The molecule has 1 atom stereocenters. The van der Waals surface area contributed by atoms with E-state index >= 15 is 0 Å². The van der Waals surface area contributed by atoms with Gasteiger partial charge in [-0.25, -0.2) is 13.1 Å². The number of benzene rings is 1. The molecule has 0 aromatic heterocycles. The molecular formula is C14H21NO4S. The van der Waals surface area contributed by atoms with Crippen molar-refractivity contribution in [1.82, 2.24) is 4.72 Å². The zero-order chi connectivity index (χ0) is 14.6. The van der Waals surface area contributed by atoms with Crippen LogP contribution in [0.2, 0.25) is 0 Å². The van der Waals surface area contributed by atoms with Gasteiger partial charge in [-0.2, -0.15) is 0 Å². The van der Waals surface area contributed by atoms with Crippen LogP contribution >= 0.6 is 0 Å². The fourth-order valence-corrected chi connectivity index (χ4v) is 3.53. The van der Waals surface area contributed by atoms with E-state index < -0.39 is 16.1 Å². The van der Waals surface area contributed by atoms with Crippen LogP contribution in [0.4, 0.5) is 0 Å². The van der Waals surface area contributed by atoms with E-state index in [1.54, 1.807) is 12.1 Å². The summed E-state index contributed by atoms with van der Waals surface area (Å²) in [6, 6.07) is 5.31. The standard InChI is InChI=1S/C14H21NO4S/c1-19-10-13(16)7-8-15-20(17,18)14-6-5-11-3-2-4-12(11)9-14/h5-6,9,13,15-16H,2-4,7-8,10H2,1H3. The second-order valence-corrected chi connectivity index (χ2v) is 6.85. The SMILES string of the molecule is COCC(O)CCNS(=O)(=O)c1ccc2c(c1)CCC2. The monoisotopic (exact) mass is 299 g/mol. The molecule has 0 heterocycles. The maximum absolute atomic E-state index is 12.1. The van der Waals surface area contributed by atoms with Crippen LogP contribution < -0.4 is 4.72 Å². The highest BCUT2D eigenvalue weighted by Gasteiger charge is 2.18. The minimum absolute atomic E-state index is 0.198. The van der Waals surface area contributed by atoms with Crippen LogP contribution in [-0.2, 0) is 27.6 Å². The predicted molar refractivity (Wildman–Crippen MR) is 76.2 cm³/mol. The largest absolute Gasteiger partial charge is 0.391 e. The average molecular weight is 299 g/mol. The number of aryl methyl sites for hydroxylation is 2. The first-order valence-corrected chi connectivity index (χ1v) is 8.30. The molecule has 6 heteroatoms. The Bertz CT molecular complexity index is 556. The molecule has 0 spiro atoms. The van der Waals surface area contributed by atoms with Gasteiger partial charge < -0.3 is 9.84 Å². The normalized spacial score (nSPS) is 16.1. The number of methoxy groups -OCH3 is 1. The molecule has 0 bridgehead atoms. The Labute approximate surface area is 120 Å². The Balaban J connectivity index is 1.96. The molecule has 5 nitrogen and oxygen atoms in total. The Kier molecular flexibility index (Phi) is 5.15. The fourth-order valence-electron chi connectivity index (χ4n) is 2.43. The van der Waals surface area contributed by atoms with Crippen LogP contribution in [0.25, 0.3) is 0 Å². The lowest BCUT2D eigenvalue weighted by Gasteiger charge is -2.11. The molecule has 0 fully saturated rings. The maximum Gasteiger partial charge on any atom is 0.240 e. The lowest BCUT2D eigenvalue weighted by atomic mass is 10.1. The summed E-state index contributed by atoms with van der Waals surface area (Å²) in [5, 5.41) is 9.48. The summed E-state index contributed by atoms with van der Waals surface area (Å²) in [6.45, 7) is 0.407. The van der Waals surface area contributed by atoms with Crippen molar-refractivity contribution in [2.45, 2.75) is 36.7 Å². The topological polar surface area (TPSA) is 75.6 Å². The summed E-state index contributed by atoms with van der Waals surface area (Å²) in [5.41, 5.74) is 2.38. The lowest BCUT2D eigenvalue weighted by Crippen LogP contribution is -2.28. The van der Waals surface area contributed by atoms with Gasteiger partial charge in [-0.1, -0.05) is 6.07 Å². The molecule has 2 N–H and O–H groups in total. The third kappa shape index (κ3) is 3.79. The van der Waals surface area contributed by atoms with Crippen LogP contribution in [-0.4, -0.2) is 39.9 Å². The van der Waals surface area contributed by atoms with Crippen LogP contribution in [0, 0.1) is 0 Å². The number of hydrogen-bond donors (Lipinski definition) is 2. The van der Waals surface area contributed by atoms with E-state index in [9.17, 15) is 13.5 Å². The quantitative estimate of drug-likeness (QED) is 0.783. The van der Waals surface area contributed by atoms with E-state index in [4.69, 9.17) is 4.74 Å². The van der Waals surface area contributed by atoms with Gasteiger partial charge in [-0.15, -0.1) is 0 Å². The van der Waals surface area contributed by atoms with Crippen LogP contribution in [0.5, 0.6) is 0 Å². The van der Waals surface area contributed by atoms with Gasteiger partial charge in [0.25, 0.3) is 0 Å². The van der Waals surface area contributed by atoms with Crippen molar-refractivity contribution in [3.63, 3.8) is 0 Å². The fraction of sp³-hybridized carbons (Fsp3) is 0.571. The number of aliphatic hydroxyl groups excluding tert-OH is 1. The smallest absolute Gasteiger partial charge is 0.240 e. The summed E-state index contributed by atoms with van der Waals surface area (Å²) < 4.78 is 31.6. The summed E-state index contributed by atoms with van der Waals surface area (Å²) in [6.07, 6.45) is 2.76. The molecule has 0 aliphatic heterocycles. The van der Waals surface area contributed by atoms with Crippen molar-refractivity contribution in [3.05, 3.63) is 29.3 Å². The first-order valence-electron chi connectivity index (χ1n) is 6.81. The number of fused-ring (bicyclic) bond motifs is 1. The number of aliphatic hydroxyl groups is 1. The predicted octanol–water partition coefficient (Wildman–Crippen LogP) is 0.851. The van der Waals surface area contributed by atoms with Gasteiger partial charge in [0.2, 0.25) is 10.0 Å². The van der Waals surface area contributed by atoms with Crippen molar-refractivity contribution in [2.75, 3.05) is 20.3 Å². The number of hydrogen-bond acceptors (Lipinski definition) is 4. The van der Waals surface area contributed by atoms with E-state index in [2.05, 4.69) is 4.72 Å². The van der Waals surface area contributed by atoms with E-state index in [1.807, 2.05) is 6.07 Å². The molecule has 112 valence electrons. The highest BCUT2D eigenvalue weighted by atomic mass is 32.2. The summed E-state index contributed by atoms with van der Waals surface area (Å²) >= 11 is 0. The molecule has 1 aromatic rings. The molecular weight excluding hydrogens is 278 g/mol. The molecule has 1 aromatic carbocycles. The van der Waals surface area contributed by atoms with Gasteiger partial charge in [0, 0.05) is 13.7 Å². The van der Waals surface area contributed by atoms with Gasteiger partial charge in [0.05, 0.1) is 17.6 Å². The van der Waals surface area contributed by atoms with Crippen molar-refractivity contribution in [1.29, 1.82) is 0 Å². The van der Waals surface area contributed by atoms with Crippen molar-refractivity contribution in [2.24, 2.45) is 0 Å². The molecule has 1 aliphatic carbocycles. The zero-order valence-corrected chi connectivity index (χ0v) is 12.4. The molecule has 0 saturated carbocycles. The number of rotatable bonds is 7. The summed E-state index contributed by atoms with van der Waals surface area (Å²) in [7, 11) is -2.00. The molecule has 0 saturated heterocycles. The summed E-state index contributed by atoms with van der Waals surface area (Å²) in [5.74, 6) is 0. The first kappa shape index (κ1) is 15.4. The highest BCUT2D eigenvalue weighted by Crippen LogP contribution is 2.24. The van der Waals surface area contributed by atoms with Gasteiger partial charge in [-0.05, 0) is 48.9 Å². The van der Waals surface area contributed by atoms with E-state index in [0.717, 1.165) is 24.8 Å². The third-order valence-corrected chi connectivity index (χ3v) is 4.97. The Hall–Kier alpha value is -0.950. The Morgan fingerprint density at radius 2 is 2.10 bits per heavy atom. The van der Waals surface area contributed by atoms with E-state index in [1.165, 1.54) is 12.7 Å². The molecule has 1 aliphatic rings. The van der Waals surface area contributed by atoms with Gasteiger partial charge in [-0.3, -0.25) is 0 Å². The minimum Gasteiger partial charge on any atom is -0.391 e. The Morgan fingerprint density at radius 3 is 2.85 bits per heavy atom. The zero-order valence-electron chi connectivity index (χ0n) is 11.6. The van der Waals surface area contributed by atoms with Gasteiger partial charge >= 0.3 is 0 Å². The molecule has 1 unspecified atom stereocenters. The van der Waals surface area contributed by atoms with Crippen LogP contribution in [0.1, 0.15) is 24.0 Å². The van der Waals surface area contributed by atoms with Crippen LogP contribution in [0.15, 0.2) is 23.1 Å². The molecule has 20 heavy (non-hydrogen) atoms. The number of sulfonamides is 1. The minimum atomic E-state index is -3.49. The maximum atomic E-state index is 12.1. The van der Waals surface area contributed by atoms with E-state index in [0.29, 0.717) is 11.3 Å². The highest BCUT2D eigenvalue weighted by molar-refractivity contribution is 7.89. The van der Waals surface area contributed by atoms with E-state index in [-0.39, 0.29) is 13.2 Å². The first-order chi connectivity index (χ1) is 9.53. The van der Waals surface area contributed by atoms with Crippen molar-refractivity contribution in [3.8, 4) is 0 Å². The van der Waals surface area contributed by atoms with Crippen molar-refractivity contribution >= 4 is 10.0 Å². The molecule has 2 rings (SSSR count). The average Bonchev–Trinajstić information content (AvgIpc) is 2.86. The second-order valence-electron chi connectivity index (χ2n) is 5.08. The van der Waals surface area contributed by atoms with Gasteiger partial charge in [0.1, 0.15) is 0 Å². The van der Waals surface area contributed by atoms with Crippen molar-refractivity contribution < 1.29 is 18.3 Å². The Morgan fingerprint density at radius 1 is 1.35 bits per heavy atom. The van der Waals surface area contributed by atoms with Gasteiger partial charge in [0.15, 0.2) is 0 Å². The number of nitrogens with one attached hydrogen (secondary N) is 1. The molecule has 0 amide bonds. The number of ether oxygens (including phenoxy) is 1. The second kappa shape index (κ2) is 6.67.